The molecule has 0 amide bonds. The Bertz CT molecular complexity index is 801. The van der Waals surface area contributed by atoms with E-state index in [0.717, 1.165) is 16.9 Å². The van der Waals surface area contributed by atoms with Crippen molar-refractivity contribution in [3.63, 3.8) is 0 Å². The number of hydrogen-bond acceptors (Lipinski definition) is 5. The van der Waals surface area contributed by atoms with Crippen molar-refractivity contribution in [2.75, 3.05) is 13.7 Å². The number of aliphatic hydroxyl groups is 2. The van der Waals surface area contributed by atoms with E-state index in [1.807, 2.05) is 54.6 Å². The molecule has 3 aromatic rings. The highest BCUT2D eigenvalue weighted by Gasteiger charge is 2.18. The van der Waals surface area contributed by atoms with Gasteiger partial charge in [0.15, 0.2) is 5.82 Å². The van der Waals surface area contributed by atoms with Crippen LogP contribution in [0.1, 0.15) is 28.9 Å². The highest BCUT2D eigenvalue weighted by Crippen LogP contribution is 2.20. The molecule has 6 nitrogen and oxygen atoms in total. The van der Waals surface area contributed by atoms with Crippen molar-refractivity contribution < 1.29 is 14.9 Å². The summed E-state index contributed by atoms with van der Waals surface area (Å²) in [6.45, 7) is 0.482. The van der Waals surface area contributed by atoms with Crippen molar-refractivity contribution in [2.45, 2.75) is 19.1 Å². The third-order valence-corrected chi connectivity index (χ3v) is 3.95. The maximum absolute atomic E-state index is 10.5. The highest BCUT2D eigenvalue weighted by atomic mass is 16.5. The molecule has 1 atom stereocenters. The van der Waals surface area contributed by atoms with Crippen LogP contribution in [0.25, 0.3) is 0 Å². The van der Waals surface area contributed by atoms with Crippen LogP contribution in [-0.2, 0) is 13.0 Å². The van der Waals surface area contributed by atoms with Gasteiger partial charge >= 0.3 is 0 Å². The van der Waals surface area contributed by atoms with E-state index in [1.165, 1.54) is 0 Å². The molecule has 0 fully saturated rings. The van der Waals surface area contributed by atoms with Gasteiger partial charge in [0, 0.05) is 6.42 Å². The Kier molecular flexibility index (Phi) is 5.42. The van der Waals surface area contributed by atoms with Gasteiger partial charge in [0.25, 0.3) is 0 Å². The van der Waals surface area contributed by atoms with E-state index < -0.39 is 6.10 Å². The summed E-state index contributed by atoms with van der Waals surface area (Å²) < 4.78 is 6.89. The van der Waals surface area contributed by atoms with Crippen LogP contribution < -0.4 is 4.74 Å². The van der Waals surface area contributed by atoms with E-state index in [9.17, 15) is 10.2 Å². The molecule has 1 aromatic heterocycles. The molecule has 0 saturated carbocycles. The number of ether oxygens (including phenoxy) is 1. The summed E-state index contributed by atoms with van der Waals surface area (Å²) in [6.07, 6.45) is -0.513. The summed E-state index contributed by atoms with van der Waals surface area (Å²) >= 11 is 0. The minimum absolute atomic E-state index is 0.0256. The van der Waals surface area contributed by atoms with E-state index in [0.29, 0.717) is 24.6 Å². The molecule has 25 heavy (non-hydrogen) atoms. The molecule has 0 bridgehead atoms. The van der Waals surface area contributed by atoms with Crippen LogP contribution >= 0.6 is 0 Å². The molecule has 3 rings (SSSR count). The minimum atomic E-state index is -0.893. The lowest BCUT2D eigenvalue weighted by molar-refractivity contribution is 0.209. The monoisotopic (exact) mass is 339 g/mol. The standard InChI is InChI=1S/C19H21N3O3/c1-25-16-9-7-14(8-10-16)13-22-17(11-12-23)20-19(21-22)18(24)15-5-3-2-4-6-15/h2-10,18,23-24H,11-13H2,1H3/t18-/m1/s1. The predicted molar refractivity (Wildman–Crippen MR) is 93.4 cm³/mol. The third-order valence-electron chi connectivity index (χ3n) is 3.95. The van der Waals surface area contributed by atoms with Gasteiger partial charge in [-0.2, -0.15) is 5.10 Å². The van der Waals surface area contributed by atoms with Gasteiger partial charge in [0.05, 0.1) is 20.3 Å². The zero-order chi connectivity index (χ0) is 17.6. The molecule has 0 radical (unpaired) electrons. The van der Waals surface area contributed by atoms with E-state index in [4.69, 9.17) is 4.74 Å². The number of rotatable bonds is 7. The smallest absolute Gasteiger partial charge is 0.183 e. The maximum Gasteiger partial charge on any atom is 0.183 e. The molecule has 0 aliphatic carbocycles. The molecule has 0 aliphatic rings. The predicted octanol–water partition coefficient (Wildman–Crippen LogP) is 1.95. The second-order valence-electron chi connectivity index (χ2n) is 5.68. The largest absolute Gasteiger partial charge is 0.497 e. The first kappa shape index (κ1) is 17.1. The number of nitrogens with zero attached hydrogens (tertiary/aromatic N) is 3. The number of methoxy groups -OCH3 is 1. The summed E-state index contributed by atoms with van der Waals surface area (Å²) in [6, 6.07) is 17.0. The lowest BCUT2D eigenvalue weighted by Gasteiger charge is -2.07. The normalized spacial score (nSPS) is 12.1. The van der Waals surface area contributed by atoms with Crippen molar-refractivity contribution in [3.05, 3.63) is 77.4 Å². The fourth-order valence-corrected chi connectivity index (χ4v) is 2.61. The van der Waals surface area contributed by atoms with Crippen molar-refractivity contribution >= 4 is 0 Å². The van der Waals surface area contributed by atoms with Crippen LogP contribution in [0.15, 0.2) is 54.6 Å². The molecule has 0 saturated heterocycles. The molecule has 2 N–H and O–H groups in total. The molecule has 0 unspecified atom stereocenters. The van der Waals surface area contributed by atoms with Crippen molar-refractivity contribution in [3.8, 4) is 5.75 Å². The zero-order valence-electron chi connectivity index (χ0n) is 14.0. The van der Waals surface area contributed by atoms with Gasteiger partial charge in [-0.25, -0.2) is 9.67 Å². The Hall–Kier alpha value is -2.70. The second kappa shape index (κ2) is 7.92. The second-order valence-corrected chi connectivity index (χ2v) is 5.68. The van der Waals surface area contributed by atoms with Gasteiger partial charge < -0.3 is 14.9 Å². The van der Waals surface area contributed by atoms with E-state index in [2.05, 4.69) is 10.1 Å². The first-order valence-electron chi connectivity index (χ1n) is 8.11. The van der Waals surface area contributed by atoms with Crippen molar-refractivity contribution in [1.29, 1.82) is 0 Å². The van der Waals surface area contributed by atoms with Crippen LogP contribution in [0.3, 0.4) is 0 Å². The molecule has 0 aliphatic heterocycles. The molecule has 0 spiro atoms. The first-order chi connectivity index (χ1) is 12.2. The molecular formula is C19H21N3O3. The van der Waals surface area contributed by atoms with Crippen LogP contribution in [0, 0.1) is 0 Å². The SMILES string of the molecule is COc1ccc(Cn2nc([C@H](O)c3ccccc3)nc2CCO)cc1. The Labute approximate surface area is 146 Å². The topological polar surface area (TPSA) is 80.4 Å². The number of benzene rings is 2. The van der Waals surface area contributed by atoms with Gasteiger partial charge in [-0.3, -0.25) is 0 Å². The van der Waals surface area contributed by atoms with Crippen LogP contribution in [-0.4, -0.2) is 38.7 Å². The van der Waals surface area contributed by atoms with Gasteiger partial charge in [-0.1, -0.05) is 42.5 Å². The zero-order valence-corrected chi connectivity index (χ0v) is 14.0. The Balaban J connectivity index is 1.86. The van der Waals surface area contributed by atoms with Gasteiger partial charge in [-0.15, -0.1) is 0 Å². The summed E-state index contributed by atoms with van der Waals surface area (Å²) in [5, 5.41) is 24.3. The van der Waals surface area contributed by atoms with E-state index in [1.54, 1.807) is 11.8 Å². The average Bonchev–Trinajstić information content (AvgIpc) is 3.05. The number of aromatic nitrogens is 3. The Morgan fingerprint density at radius 3 is 2.44 bits per heavy atom. The van der Waals surface area contributed by atoms with Crippen LogP contribution in [0.2, 0.25) is 0 Å². The lowest BCUT2D eigenvalue weighted by Crippen LogP contribution is -2.09. The quantitative estimate of drug-likeness (QED) is 0.688. The van der Waals surface area contributed by atoms with Crippen LogP contribution in [0.5, 0.6) is 5.75 Å². The van der Waals surface area contributed by atoms with Crippen LogP contribution in [0.4, 0.5) is 0 Å². The maximum atomic E-state index is 10.5. The molecule has 6 heteroatoms. The molecule has 2 aromatic carbocycles. The summed E-state index contributed by atoms with van der Waals surface area (Å²) in [4.78, 5) is 4.42. The lowest BCUT2D eigenvalue weighted by atomic mass is 10.1. The summed E-state index contributed by atoms with van der Waals surface area (Å²) in [5.41, 5.74) is 1.77. The number of aliphatic hydroxyl groups excluding tert-OH is 2. The molecule has 1 heterocycles. The highest BCUT2D eigenvalue weighted by molar-refractivity contribution is 5.27. The Morgan fingerprint density at radius 2 is 1.80 bits per heavy atom. The van der Waals surface area contributed by atoms with Crippen molar-refractivity contribution in [1.82, 2.24) is 14.8 Å². The average molecular weight is 339 g/mol. The fourth-order valence-electron chi connectivity index (χ4n) is 2.61. The van der Waals surface area contributed by atoms with E-state index >= 15 is 0 Å². The summed E-state index contributed by atoms with van der Waals surface area (Å²) in [5.74, 6) is 1.77. The Morgan fingerprint density at radius 1 is 1.08 bits per heavy atom. The molecular weight excluding hydrogens is 318 g/mol. The fraction of sp³-hybridized carbons (Fsp3) is 0.263. The minimum Gasteiger partial charge on any atom is -0.497 e. The molecule has 130 valence electrons. The van der Waals surface area contributed by atoms with E-state index in [-0.39, 0.29) is 6.61 Å². The summed E-state index contributed by atoms with van der Waals surface area (Å²) in [7, 11) is 1.63. The van der Waals surface area contributed by atoms with Gasteiger partial charge in [0.2, 0.25) is 0 Å². The van der Waals surface area contributed by atoms with Gasteiger partial charge in [0.1, 0.15) is 17.7 Å². The van der Waals surface area contributed by atoms with Crippen molar-refractivity contribution in [2.24, 2.45) is 0 Å². The third kappa shape index (κ3) is 4.04. The first-order valence-corrected chi connectivity index (χ1v) is 8.11. The van der Waals surface area contributed by atoms with Gasteiger partial charge in [-0.05, 0) is 23.3 Å². The number of hydrogen-bond donors (Lipinski definition) is 2.